The Bertz CT molecular complexity index is 336. The third-order valence-electron chi connectivity index (χ3n) is 2.95. The van der Waals surface area contributed by atoms with Crippen molar-refractivity contribution in [2.75, 3.05) is 14.2 Å². The lowest BCUT2D eigenvalue weighted by atomic mass is 10.1. The van der Waals surface area contributed by atoms with Crippen LogP contribution in [0.5, 0.6) is 11.8 Å². The van der Waals surface area contributed by atoms with Gasteiger partial charge in [0.15, 0.2) is 0 Å². The maximum absolute atomic E-state index is 5.24. The van der Waals surface area contributed by atoms with Gasteiger partial charge in [0.05, 0.1) is 19.8 Å². The average Bonchev–Trinajstić information content (AvgIpc) is 2.42. The highest BCUT2D eigenvalue weighted by Crippen LogP contribution is 2.23. The van der Waals surface area contributed by atoms with E-state index in [-0.39, 0.29) is 0 Å². The Hall–Kier alpha value is -1.36. The second-order valence-corrected chi connectivity index (χ2v) is 4.15. The number of nitrogens with one attached hydrogen (secondary N) is 1. The molecule has 1 aromatic heterocycles. The van der Waals surface area contributed by atoms with Crippen molar-refractivity contribution in [2.45, 2.75) is 45.7 Å². The fraction of sp³-hybridized carbons (Fsp3) is 0.692. The first-order valence-corrected chi connectivity index (χ1v) is 6.41. The standard InChI is InChI=1S/C13H23N3O2/c1-5-7-10(6-2)14-8-11-12(17-3)15-9-16-13(11)18-4/h9-10,14H,5-8H2,1-4H3. The van der Waals surface area contributed by atoms with Crippen molar-refractivity contribution in [1.29, 1.82) is 0 Å². The summed E-state index contributed by atoms with van der Waals surface area (Å²) in [7, 11) is 3.21. The number of rotatable bonds is 8. The van der Waals surface area contributed by atoms with Crippen molar-refractivity contribution in [3.63, 3.8) is 0 Å². The van der Waals surface area contributed by atoms with Crippen LogP contribution in [0.1, 0.15) is 38.7 Å². The lowest BCUT2D eigenvalue weighted by Crippen LogP contribution is -2.28. The van der Waals surface area contributed by atoms with E-state index in [9.17, 15) is 0 Å². The van der Waals surface area contributed by atoms with Crippen LogP contribution in [0.3, 0.4) is 0 Å². The minimum Gasteiger partial charge on any atom is -0.481 e. The zero-order valence-corrected chi connectivity index (χ0v) is 11.7. The van der Waals surface area contributed by atoms with Gasteiger partial charge >= 0.3 is 0 Å². The number of hydrogen-bond acceptors (Lipinski definition) is 5. The highest BCUT2D eigenvalue weighted by molar-refractivity contribution is 5.34. The summed E-state index contributed by atoms with van der Waals surface area (Å²) in [6.07, 6.45) is 4.89. The zero-order chi connectivity index (χ0) is 13.4. The first-order valence-electron chi connectivity index (χ1n) is 6.41. The molecule has 0 fully saturated rings. The molecule has 0 aliphatic rings. The summed E-state index contributed by atoms with van der Waals surface area (Å²) in [6, 6.07) is 0.504. The van der Waals surface area contributed by atoms with Crippen molar-refractivity contribution >= 4 is 0 Å². The van der Waals surface area contributed by atoms with Crippen molar-refractivity contribution in [1.82, 2.24) is 15.3 Å². The van der Waals surface area contributed by atoms with Crippen LogP contribution in [0.4, 0.5) is 0 Å². The van der Waals surface area contributed by atoms with Gasteiger partial charge in [-0.25, -0.2) is 9.97 Å². The summed E-state index contributed by atoms with van der Waals surface area (Å²) in [5.41, 5.74) is 0.872. The van der Waals surface area contributed by atoms with E-state index < -0.39 is 0 Å². The SMILES string of the molecule is CCCC(CC)NCc1c(OC)ncnc1OC. The second-order valence-electron chi connectivity index (χ2n) is 4.15. The summed E-state index contributed by atoms with van der Waals surface area (Å²) in [6.45, 7) is 5.03. The van der Waals surface area contributed by atoms with Crippen molar-refractivity contribution in [3.8, 4) is 11.8 Å². The normalized spacial score (nSPS) is 12.2. The average molecular weight is 253 g/mol. The van der Waals surface area contributed by atoms with Crippen LogP contribution in [-0.2, 0) is 6.54 Å². The Labute approximate surface area is 109 Å². The van der Waals surface area contributed by atoms with E-state index >= 15 is 0 Å². The van der Waals surface area contributed by atoms with Crippen molar-refractivity contribution in [2.24, 2.45) is 0 Å². The highest BCUT2D eigenvalue weighted by atomic mass is 16.5. The number of hydrogen-bond donors (Lipinski definition) is 1. The molecule has 1 unspecified atom stereocenters. The minimum atomic E-state index is 0.504. The van der Waals surface area contributed by atoms with Gasteiger partial charge in [-0.05, 0) is 12.8 Å². The summed E-state index contributed by atoms with van der Waals surface area (Å²) in [5.74, 6) is 1.14. The number of aromatic nitrogens is 2. The second kappa shape index (κ2) is 7.87. The maximum atomic E-state index is 5.24. The minimum absolute atomic E-state index is 0.504. The van der Waals surface area contributed by atoms with E-state index in [1.54, 1.807) is 14.2 Å². The van der Waals surface area contributed by atoms with Crippen molar-refractivity contribution < 1.29 is 9.47 Å². The molecule has 0 aromatic carbocycles. The van der Waals surface area contributed by atoms with E-state index in [2.05, 4.69) is 29.1 Å². The topological polar surface area (TPSA) is 56.3 Å². The molecule has 0 radical (unpaired) electrons. The Morgan fingerprint density at radius 3 is 2.22 bits per heavy atom. The van der Waals surface area contributed by atoms with Gasteiger partial charge in [-0.3, -0.25) is 0 Å². The Morgan fingerprint density at radius 2 is 1.78 bits per heavy atom. The van der Waals surface area contributed by atoms with Crippen LogP contribution in [0.25, 0.3) is 0 Å². The summed E-state index contributed by atoms with van der Waals surface area (Å²) < 4.78 is 10.5. The van der Waals surface area contributed by atoms with Crippen LogP contribution in [-0.4, -0.2) is 30.2 Å². The largest absolute Gasteiger partial charge is 0.481 e. The fourth-order valence-electron chi connectivity index (χ4n) is 1.93. The predicted molar refractivity (Wildman–Crippen MR) is 71.0 cm³/mol. The number of methoxy groups -OCH3 is 2. The Kier molecular flexibility index (Phi) is 6.43. The monoisotopic (exact) mass is 253 g/mol. The molecular formula is C13H23N3O2. The number of nitrogens with zero attached hydrogens (tertiary/aromatic N) is 2. The van der Waals surface area contributed by atoms with Gasteiger partial charge in [0, 0.05) is 12.6 Å². The number of ether oxygens (including phenoxy) is 2. The molecule has 5 heteroatoms. The molecule has 0 aliphatic carbocycles. The Balaban J connectivity index is 2.75. The molecule has 0 saturated carbocycles. The Morgan fingerprint density at radius 1 is 1.17 bits per heavy atom. The molecule has 0 aliphatic heterocycles. The van der Waals surface area contributed by atoms with Crippen LogP contribution in [0.15, 0.2) is 6.33 Å². The third kappa shape index (κ3) is 3.84. The van der Waals surface area contributed by atoms with Crippen LogP contribution in [0.2, 0.25) is 0 Å². The van der Waals surface area contributed by atoms with Gasteiger partial charge in [0.2, 0.25) is 11.8 Å². The first-order chi connectivity index (χ1) is 8.76. The lowest BCUT2D eigenvalue weighted by Gasteiger charge is -2.17. The molecule has 0 amide bonds. The molecule has 1 rings (SSSR count). The maximum Gasteiger partial charge on any atom is 0.224 e. The molecule has 0 saturated heterocycles. The van der Waals surface area contributed by atoms with Gasteiger partial charge in [-0.2, -0.15) is 0 Å². The quantitative estimate of drug-likeness (QED) is 0.769. The van der Waals surface area contributed by atoms with Crippen LogP contribution >= 0.6 is 0 Å². The predicted octanol–water partition coefficient (Wildman–Crippen LogP) is 2.16. The molecule has 1 aromatic rings. The lowest BCUT2D eigenvalue weighted by molar-refractivity contribution is 0.354. The summed E-state index contributed by atoms with van der Waals surface area (Å²) in [5, 5.41) is 3.50. The van der Waals surface area contributed by atoms with E-state index in [0.717, 1.165) is 18.4 Å². The van der Waals surface area contributed by atoms with E-state index in [1.165, 1.54) is 12.7 Å². The van der Waals surface area contributed by atoms with Gasteiger partial charge in [-0.15, -0.1) is 0 Å². The molecule has 102 valence electrons. The third-order valence-corrected chi connectivity index (χ3v) is 2.95. The molecule has 0 bridgehead atoms. The molecule has 1 N–H and O–H groups in total. The molecule has 5 nitrogen and oxygen atoms in total. The molecular weight excluding hydrogens is 230 g/mol. The van der Waals surface area contributed by atoms with Crippen LogP contribution in [0, 0.1) is 0 Å². The smallest absolute Gasteiger partial charge is 0.224 e. The molecule has 0 spiro atoms. The summed E-state index contributed by atoms with van der Waals surface area (Å²) in [4.78, 5) is 8.20. The van der Waals surface area contributed by atoms with Gasteiger partial charge in [0.1, 0.15) is 6.33 Å². The van der Waals surface area contributed by atoms with Gasteiger partial charge in [0.25, 0.3) is 0 Å². The van der Waals surface area contributed by atoms with E-state index in [1.807, 2.05) is 0 Å². The van der Waals surface area contributed by atoms with E-state index in [4.69, 9.17) is 9.47 Å². The van der Waals surface area contributed by atoms with Crippen molar-refractivity contribution in [3.05, 3.63) is 11.9 Å². The molecule has 18 heavy (non-hydrogen) atoms. The van der Waals surface area contributed by atoms with Crippen LogP contribution < -0.4 is 14.8 Å². The van der Waals surface area contributed by atoms with Gasteiger partial charge < -0.3 is 14.8 Å². The fourth-order valence-corrected chi connectivity index (χ4v) is 1.93. The van der Waals surface area contributed by atoms with E-state index in [0.29, 0.717) is 24.3 Å². The summed E-state index contributed by atoms with van der Waals surface area (Å²) >= 11 is 0. The highest BCUT2D eigenvalue weighted by Gasteiger charge is 2.14. The molecule has 1 heterocycles. The zero-order valence-electron chi connectivity index (χ0n) is 11.7. The van der Waals surface area contributed by atoms with Gasteiger partial charge in [-0.1, -0.05) is 20.3 Å². The first kappa shape index (κ1) is 14.7. The molecule has 1 atom stereocenters.